The zero-order valence-corrected chi connectivity index (χ0v) is 12.0. The van der Waals surface area contributed by atoms with Gasteiger partial charge in [0.1, 0.15) is 0 Å². The van der Waals surface area contributed by atoms with Crippen LogP contribution < -0.4 is 0 Å². The fourth-order valence-corrected chi connectivity index (χ4v) is 4.68. The predicted molar refractivity (Wildman–Crippen MR) is 77.1 cm³/mol. The van der Waals surface area contributed by atoms with Crippen LogP contribution in [-0.2, 0) is 16.0 Å². The van der Waals surface area contributed by atoms with Gasteiger partial charge in [-0.15, -0.1) is 11.8 Å². The van der Waals surface area contributed by atoms with Crippen LogP contribution in [0.15, 0.2) is 24.3 Å². The Morgan fingerprint density at radius 3 is 3.16 bits per heavy atom. The largest absolute Gasteiger partial charge is 0.469 e. The number of esters is 1. The second-order valence-electron chi connectivity index (χ2n) is 5.14. The molecule has 3 rings (SSSR count). The normalized spacial score (nSPS) is 25.7. The number of rotatable bonds is 3. The van der Waals surface area contributed by atoms with E-state index in [9.17, 15) is 4.79 Å². The monoisotopic (exact) mass is 277 g/mol. The van der Waals surface area contributed by atoms with Crippen LogP contribution in [0.2, 0.25) is 0 Å². The SMILES string of the molecule is COC(=O)CC[C@H]1CS[C@H]2c3ccccc3CCN12. The van der Waals surface area contributed by atoms with Crippen LogP contribution in [0.3, 0.4) is 0 Å². The molecule has 0 spiro atoms. The Kier molecular flexibility index (Phi) is 3.80. The molecule has 2 aliphatic heterocycles. The number of ether oxygens (including phenoxy) is 1. The molecule has 1 saturated heterocycles. The first-order valence-corrected chi connectivity index (χ1v) is 7.86. The Bertz CT molecular complexity index is 477. The number of fused-ring (bicyclic) bond motifs is 3. The Hall–Kier alpha value is -1.00. The van der Waals surface area contributed by atoms with Crippen molar-refractivity contribution in [2.24, 2.45) is 0 Å². The first-order chi connectivity index (χ1) is 9.29. The number of methoxy groups -OCH3 is 1. The zero-order chi connectivity index (χ0) is 13.2. The van der Waals surface area contributed by atoms with E-state index >= 15 is 0 Å². The fourth-order valence-electron chi connectivity index (χ4n) is 3.04. The van der Waals surface area contributed by atoms with Crippen molar-refractivity contribution in [3.05, 3.63) is 35.4 Å². The van der Waals surface area contributed by atoms with E-state index in [0.717, 1.165) is 25.1 Å². The molecule has 0 aromatic heterocycles. The number of thioether (sulfide) groups is 1. The number of carbonyl (C=O) groups excluding carboxylic acids is 1. The fraction of sp³-hybridized carbons (Fsp3) is 0.533. The summed E-state index contributed by atoms with van der Waals surface area (Å²) in [5, 5.41) is 0.493. The molecule has 0 unspecified atom stereocenters. The van der Waals surface area contributed by atoms with Crippen molar-refractivity contribution in [2.75, 3.05) is 19.4 Å². The first kappa shape index (κ1) is 13.0. The molecule has 0 saturated carbocycles. The van der Waals surface area contributed by atoms with Gasteiger partial charge in [0.25, 0.3) is 0 Å². The van der Waals surface area contributed by atoms with Gasteiger partial charge in [0, 0.05) is 24.8 Å². The van der Waals surface area contributed by atoms with Crippen LogP contribution in [-0.4, -0.2) is 36.3 Å². The minimum atomic E-state index is -0.0918. The molecule has 2 aliphatic rings. The van der Waals surface area contributed by atoms with Crippen molar-refractivity contribution in [1.29, 1.82) is 0 Å². The maximum absolute atomic E-state index is 11.3. The summed E-state index contributed by atoms with van der Waals surface area (Å²) < 4.78 is 4.74. The van der Waals surface area contributed by atoms with Gasteiger partial charge in [-0.2, -0.15) is 0 Å². The maximum atomic E-state index is 11.3. The molecule has 0 aliphatic carbocycles. The number of benzene rings is 1. The van der Waals surface area contributed by atoms with Crippen molar-refractivity contribution in [1.82, 2.24) is 4.90 Å². The summed E-state index contributed by atoms with van der Waals surface area (Å²) in [6, 6.07) is 9.27. The highest BCUT2D eigenvalue weighted by atomic mass is 32.2. The number of hydrogen-bond donors (Lipinski definition) is 0. The molecule has 19 heavy (non-hydrogen) atoms. The average molecular weight is 277 g/mol. The molecule has 0 amide bonds. The molecule has 102 valence electrons. The second-order valence-corrected chi connectivity index (χ2v) is 6.25. The zero-order valence-electron chi connectivity index (χ0n) is 11.2. The average Bonchev–Trinajstić information content (AvgIpc) is 2.88. The molecule has 2 heterocycles. The molecule has 0 N–H and O–H groups in total. The Morgan fingerprint density at radius 1 is 1.47 bits per heavy atom. The summed E-state index contributed by atoms with van der Waals surface area (Å²) in [5.74, 6) is 1.03. The lowest BCUT2D eigenvalue weighted by atomic mass is 9.98. The smallest absolute Gasteiger partial charge is 0.305 e. The van der Waals surface area contributed by atoms with Gasteiger partial charge in [-0.3, -0.25) is 9.69 Å². The quantitative estimate of drug-likeness (QED) is 0.794. The Morgan fingerprint density at radius 2 is 2.32 bits per heavy atom. The highest BCUT2D eigenvalue weighted by molar-refractivity contribution is 7.99. The second kappa shape index (κ2) is 5.55. The van der Waals surface area contributed by atoms with Crippen molar-refractivity contribution in [3.63, 3.8) is 0 Å². The summed E-state index contributed by atoms with van der Waals surface area (Å²) in [6.07, 6.45) is 2.58. The van der Waals surface area contributed by atoms with Gasteiger partial charge in [0.2, 0.25) is 0 Å². The van der Waals surface area contributed by atoms with E-state index < -0.39 is 0 Å². The molecule has 1 aromatic carbocycles. The molecule has 0 bridgehead atoms. The van der Waals surface area contributed by atoms with Crippen LogP contribution in [0.1, 0.15) is 29.3 Å². The molecular weight excluding hydrogens is 258 g/mol. The topological polar surface area (TPSA) is 29.5 Å². The standard InChI is InChI=1S/C15H19NO2S/c1-18-14(17)7-6-12-10-19-15-13-5-3-2-4-11(13)8-9-16(12)15/h2-5,12,15H,6-10H2,1H3/t12-,15-/m0/s1. The van der Waals surface area contributed by atoms with Crippen LogP contribution in [0, 0.1) is 0 Å². The molecule has 2 atom stereocenters. The molecule has 1 fully saturated rings. The number of hydrogen-bond acceptors (Lipinski definition) is 4. The number of nitrogens with zero attached hydrogens (tertiary/aromatic N) is 1. The summed E-state index contributed by atoms with van der Waals surface area (Å²) in [7, 11) is 1.46. The van der Waals surface area contributed by atoms with Crippen molar-refractivity contribution >= 4 is 17.7 Å². The molecule has 0 radical (unpaired) electrons. The molecule has 1 aromatic rings. The Balaban J connectivity index is 1.70. The predicted octanol–water partition coefficient (Wildman–Crippen LogP) is 2.61. The highest BCUT2D eigenvalue weighted by Crippen LogP contribution is 2.45. The van der Waals surface area contributed by atoms with Gasteiger partial charge >= 0.3 is 5.97 Å². The lowest BCUT2D eigenvalue weighted by molar-refractivity contribution is -0.141. The summed E-state index contributed by atoms with van der Waals surface area (Å²) in [6.45, 7) is 1.11. The van der Waals surface area contributed by atoms with E-state index in [-0.39, 0.29) is 5.97 Å². The first-order valence-electron chi connectivity index (χ1n) is 6.81. The lowest BCUT2D eigenvalue weighted by Gasteiger charge is -2.34. The third kappa shape index (κ3) is 2.51. The van der Waals surface area contributed by atoms with E-state index in [1.54, 1.807) is 0 Å². The Labute approximate surface area is 118 Å². The highest BCUT2D eigenvalue weighted by Gasteiger charge is 2.38. The third-order valence-corrected chi connectivity index (χ3v) is 5.50. The van der Waals surface area contributed by atoms with Gasteiger partial charge < -0.3 is 4.74 Å². The van der Waals surface area contributed by atoms with Gasteiger partial charge in [0.15, 0.2) is 0 Å². The minimum Gasteiger partial charge on any atom is -0.469 e. The van der Waals surface area contributed by atoms with E-state index in [1.165, 1.54) is 18.2 Å². The van der Waals surface area contributed by atoms with E-state index in [4.69, 9.17) is 4.74 Å². The van der Waals surface area contributed by atoms with E-state index in [0.29, 0.717) is 17.8 Å². The summed E-state index contributed by atoms with van der Waals surface area (Å²) in [5.41, 5.74) is 2.96. The summed E-state index contributed by atoms with van der Waals surface area (Å²) in [4.78, 5) is 13.8. The van der Waals surface area contributed by atoms with Gasteiger partial charge in [0.05, 0.1) is 12.5 Å². The van der Waals surface area contributed by atoms with Crippen LogP contribution in [0.5, 0.6) is 0 Å². The van der Waals surface area contributed by atoms with Crippen LogP contribution in [0.25, 0.3) is 0 Å². The minimum absolute atomic E-state index is 0.0918. The van der Waals surface area contributed by atoms with Gasteiger partial charge in [-0.1, -0.05) is 24.3 Å². The molecule has 3 nitrogen and oxygen atoms in total. The van der Waals surface area contributed by atoms with Gasteiger partial charge in [-0.25, -0.2) is 0 Å². The molecular formula is C15H19NO2S. The van der Waals surface area contributed by atoms with Crippen LogP contribution in [0.4, 0.5) is 0 Å². The summed E-state index contributed by atoms with van der Waals surface area (Å²) >= 11 is 2.01. The van der Waals surface area contributed by atoms with Crippen molar-refractivity contribution in [3.8, 4) is 0 Å². The van der Waals surface area contributed by atoms with Gasteiger partial charge in [-0.05, 0) is 24.0 Å². The molecule has 4 heteroatoms. The van der Waals surface area contributed by atoms with Crippen molar-refractivity contribution < 1.29 is 9.53 Å². The number of carbonyl (C=O) groups is 1. The lowest BCUT2D eigenvalue weighted by Crippen LogP contribution is -2.37. The van der Waals surface area contributed by atoms with E-state index in [1.807, 2.05) is 11.8 Å². The maximum Gasteiger partial charge on any atom is 0.305 e. The van der Waals surface area contributed by atoms with Crippen LogP contribution >= 0.6 is 11.8 Å². The van der Waals surface area contributed by atoms with E-state index in [2.05, 4.69) is 29.2 Å². The van der Waals surface area contributed by atoms with Crippen molar-refractivity contribution in [2.45, 2.75) is 30.7 Å². The third-order valence-electron chi connectivity index (χ3n) is 4.09.